The van der Waals surface area contributed by atoms with Gasteiger partial charge in [0.2, 0.25) is 5.91 Å². The van der Waals surface area contributed by atoms with Crippen molar-refractivity contribution in [2.75, 3.05) is 11.1 Å². The number of amides is 2. The minimum atomic E-state index is -0.502. The number of carbonyl (C=O) groups excluding carboxylic acids is 2. The maximum atomic E-state index is 12.1. The third kappa shape index (κ3) is 2.77. The van der Waals surface area contributed by atoms with Gasteiger partial charge < -0.3 is 16.8 Å². The summed E-state index contributed by atoms with van der Waals surface area (Å²) in [6, 6.07) is 11.7. The van der Waals surface area contributed by atoms with Crippen molar-refractivity contribution in [2.45, 2.75) is 6.92 Å². The molecule has 0 bridgehead atoms. The van der Waals surface area contributed by atoms with E-state index in [0.717, 1.165) is 5.56 Å². The highest BCUT2D eigenvalue weighted by Crippen LogP contribution is 2.19. The van der Waals surface area contributed by atoms with E-state index in [1.807, 2.05) is 0 Å². The molecule has 0 saturated heterocycles. The van der Waals surface area contributed by atoms with Crippen LogP contribution in [0, 0.1) is 6.92 Å². The number of nitrogen functional groups attached to an aromatic ring is 1. The van der Waals surface area contributed by atoms with Gasteiger partial charge in [0.05, 0.1) is 5.56 Å². The van der Waals surface area contributed by atoms with Crippen LogP contribution in [0.4, 0.5) is 11.4 Å². The first kappa shape index (κ1) is 13.6. The number of hydrogen-bond acceptors (Lipinski definition) is 3. The van der Waals surface area contributed by atoms with Crippen molar-refractivity contribution >= 4 is 23.2 Å². The fourth-order valence-corrected chi connectivity index (χ4v) is 1.85. The highest BCUT2D eigenvalue weighted by Gasteiger charge is 2.11. The fraction of sp³-hybridized carbons (Fsp3) is 0.0667. The van der Waals surface area contributed by atoms with Crippen molar-refractivity contribution in [3.05, 3.63) is 59.2 Å². The summed E-state index contributed by atoms with van der Waals surface area (Å²) in [5, 5.41) is 2.76. The average molecular weight is 269 g/mol. The van der Waals surface area contributed by atoms with E-state index in [4.69, 9.17) is 11.5 Å². The summed E-state index contributed by atoms with van der Waals surface area (Å²) < 4.78 is 0. The molecule has 102 valence electrons. The zero-order valence-corrected chi connectivity index (χ0v) is 11.0. The molecule has 2 rings (SSSR count). The lowest BCUT2D eigenvalue weighted by atomic mass is 10.1. The van der Waals surface area contributed by atoms with Crippen molar-refractivity contribution < 1.29 is 9.59 Å². The number of para-hydroxylation sites is 1. The van der Waals surface area contributed by atoms with Gasteiger partial charge >= 0.3 is 0 Å². The molecule has 2 aromatic rings. The largest absolute Gasteiger partial charge is 0.398 e. The second kappa shape index (κ2) is 5.44. The van der Waals surface area contributed by atoms with Gasteiger partial charge in [-0.15, -0.1) is 0 Å². The number of anilines is 2. The first-order valence-electron chi connectivity index (χ1n) is 6.05. The Balaban J connectivity index is 2.25. The second-order valence-corrected chi connectivity index (χ2v) is 4.44. The van der Waals surface area contributed by atoms with Crippen LogP contribution < -0.4 is 16.8 Å². The molecule has 0 spiro atoms. The number of nitrogens with one attached hydrogen (secondary N) is 1. The molecule has 0 fully saturated rings. The van der Waals surface area contributed by atoms with Gasteiger partial charge in [0.25, 0.3) is 5.91 Å². The Morgan fingerprint density at radius 2 is 1.80 bits per heavy atom. The van der Waals surface area contributed by atoms with Crippen molar-refractivity contribution in [1.29, 1.82) is 0 Å². The zero-order chi connectivity index (χ0) is 14.7. The molecule has 0 radical (unpaired) electrons. The fourth-order valence-electron chi connectivity index (χ4n) is 1.85. The zero-order valence-electron chi connectivity index (χ0n) is 11.0. The van der Waals surface area contributed by atoms with E-state index in [0.29, 0.717) is 22.5 Å². The molecule has 0 unspecified atom stereocenters. The van der Waals surface area contributed by atoms with Crippen LogP contribution in [-0.4, -0.2) is 11.8 Å². The molecule has 0 heterocycles. The maximum Gasteiger partial charge on any atom is 0.257 e. The lowest BCUT2D eigenvalue weighted by Gasteiger charge is -2.10. The van der Waals surface area contributed by atoms with E-state index in [1.165, 1.54) is 0 Å². The lowest BCUT2D eigenvalue weighted by molar-refractivity contribution is 0.0998. The smallest absolute Gasteiger partial charge is 0.257 e. The molecule has 2 amide bonds. The Morgan fingerprint density at radius 1 is 1.10 bits per heavy atom. The number of primary amides is 1. The van der Waals surface area contributed by atoms with Crippen LogP contribution in [0.15, 0.2) is 42.5 Å². The molecule has 0 aromatic heterocycles. The Labute approximate surface area is 116 Å². The van der Waals surface area contributed by atoms with E-state index < -0.39 is 5.91 Å². The number of nitrogens with two attached hydrogens (primary N) is 2. The summed E-state index contributed by atoms with van der Waals surface area (Å²) >= 11 is 0. The molecule has 0 aliphatic carbocycles. The lowest BCUT2D eigenvalue weighted by Crippen LogP contribution is -2.15. The number of carbonyl (C=O) groups is 2. The van der Waals surface area contributed by atoms with Gasteiger partial charge in [-0.25, -0.2) is 0 Å². The molecule has 0 aliphatic heterocycles. The summed E-state index contributed by atoms with van der Waals surface area (Å²) in [6.07, 6.45) is 0. The van der Waals surface area contributed by atoms with E-state index in [9.17, 15) is 9.59 Å². The Bertz CT molecular complexity index is 681. The highest BCUT2D eigenvalue weighted by atomic mass is 16.2. The number of hydrogen-bond donors (Lipinski definition) is 3. The summed E-state index contributed by atoms with van der Waals surface area (Å²) in [5.74, 6) is -0.795. The predicted octanol–water partition coefficient (Wildman–Crippen LogP) is 1.93. The van der Waals surface area contributed by atoms with E-state index in [1.54, 1.807) is 49.4 Å². The molecule has 2 aromatic carbocycles. The van der Waals surface area contributed by atoms with Gasteiger partial charge in [-0.1, -0.05) is 12.1 Å². The summed E-state index contributed by atoms with van der Waals surface area (Å²) in [4.78, 5) is 23.2. The molecule has 0 atom stereocenters. The van der Waals surface area contributed by atoms with Crippen molar-refractivity contribution in [2.24, 2.45) is 5.73 Å². The number of benzene rings is 2. The van der Waals surface area contributed by atoms with Gasteiger partial charge in [-0.3, -0.25) is 9.59 Å². The topological polar surface area (TPSA) is 98.2 Å². The summed E-state index contributed by atoms with van der Waals surface area (Å²) in [7, 11) is 0. The third-order valence-electron chi connectivity index (χ3n) is 2.96. The van der Waals surface area contributed by atoms with E-state index >= 15 is 0 Å². The van der Waals surface area contributed by atoms with Crippen LogP contribution in [0.5, 0.6) is 0 Å². The molecule has 0 saturated carbocycles. The first-order chi connectivity index (χ1) is 9.49. The Morgan fingerprint density at radius 3 is 2.40 bits per heavy atom. The van der Waals surface area contributed by atoms with E-state index in [-0.39, 0.29) is 5.91 Å². The predicted molar refractivity (Wildman–Crippen MR) is 78.5 cm³/mol. The van der Waals surface area contributed by atoms with Crippen LogP contribution in [0.3, 0.4) is 0 Å². The minimum absolute atomic E-state index is 0.293. The molecule has 5 nitrogen and oxygen atoms in total. The normalized spacial score (nSPS) is 10.1. The van der Waals surface area contributed by atoms with E-state index in [2.05, 4.69) is 5.32 Å². The molecule has 5 heteroatoms. The number of rotatable bonds is 3. The molecule has 0 aliphatic rings. The quantitative estimate of drug-likeness (QED) is 0.742. The van der Waals surface area contributed by atoms with Crippen molar-refractivity contribution in [3.8, 4) is 0 Å². The maximum absolute atomic E-state index is 12.1. The highest BCUT2D eigenvalue weighted by molar-refractivity contribution is 6.08. The van der Waals surface area contributed by atoms with Crippen molar-refractivity contribution in [1.82, 2.24) is 0 Å². The molecule has 20 heavy (non-hydrogen) atoms. The van der Waals surface area contributed by atoms with Crippen LogP contribution >= 0.6 is 0 Å². The second-order valence-electron chi connectivity index (χ2n) is 4.44. The van der Waals surface area contributed by atoms with Gasteiger partial charge in [0, 0.05) is 16.9 Å². The Hall–Kier alpha value is -2.82. The van der Waals surface area contributed by atoms with Crippen LogP contribution in [-0.2, 0) is 0 Å². The van der Waals surface area contributed by atoms with Gasteiger partial charge in [0.15, 0.2) is 0 Å². The third-order valence-corrected chi connectivity index (χ3v) is 2.96. The summed E-state index contributed by atoms with van der Waals surface area (Å²) in [6.45, 7) is 1.79. The average Bonchev–Trinajstić information content (AvgIpc) is 2.41. The van der Waals surface area contributed by atoms with Crippen LogP contribution in [0.1, 0.15) is 26.3 Å². The number of aryl methyl sites for hydroxylation is 1. The van der Waals surface area contributed by atoms with Crippen LogP contribution in [0.25, 0.3) is 0 Å². The first-order valence-corrected chi connectivity index (χ1v) is 6.05. The standard InChI is InChI=1S/C15H15N3O2/c1-9-8-10(14(17)19)6-7-13(9)18-15(20)11-4-2-3-5-12(11)16/h2-8H,16H2,1H3,(H2,17,19)(H,18,20). The molecule has 5 N–H and O–H groups in total. The van der Waals surface area contributed by atoms with Gasteiger partial charge in [-0.05, 0) is 42.8 Å². The monoisotopic (exact) mass is 269 g/mol. The molecular formula is C15H15N3O2. The van der Waals surface area contributed by atoms with Gasteiger partial charge in [-0.2, -0.15) is 0 Å². The summed E-state index contributed by atoms with van der Waals surface area (Å²) in [5.41, 5.74) is 13.5. The molecular weight excluding hydrogens is 254 g/mol. The van der Waals surface area contributed by atoms with Crippen molar-refractivity contribution in [3.63, 3.8) is 0 Å². The Kier molecular flexibility index (Phi) is 3.70. The van der Waals surface area contributed by atoms with Gasteiger partial charge in [0.1, 0.15) is 0 Å². The van der Waals surface area contributed by atoms with Crippen LogP contribution in [0.2, 0.25) is 0 Å². The minimum Gasteiger partial charge on any atom is -0.398 e. The SMILES string of the molecule is Cc1cc(C(N)=O)ccc1NC(=O)c1ccccc1N.